The Morgan fingerprint density at radius 3 is 2.65 bits per heavy atom. The van der Waals surface area contributed by atoms with E-state index in [-0.39, 0.29) is 24.8 Å². The molecule has 2 heterocycles. The number of carbonyl (C=O) groups is 3. The average Bonchev–Trinajstić information content (AvgIpc) is 2.52. The number of rotatable bonds is 0. The molecule has 7 heteroatoms. The Bertz CT molecular complexity index is 495. The summed E-state index contributed by atoms with van der Waals surface area (Å²) < 4.78 is 11.0. The summed E-state index contributed by atoms with van der Waals surface area (Å²) in [5.41, 5.74) is 0.776. The second-order valence-corrected chi connectivity index (χ2v) is 5.22. The topological polar surface area (TPSA) is 84.9 Å². The Labute approximate surface area is 116 Å². The first-order chi connectivity index (χ1) is 9.30. The fourth-order valence-electron chi connectivity index (χ4n) is 2.07. The van der Waals surface area contributed by atoms with Gasteiger partial charge in [-0.15, -0.1) is 0 Å². The van der Waals surface area contributed by atoms with Crippen LogP contribution in [-0.4, -0.2) is 48.2 Å². The van der Waals surface area contributed by atoms with E-state index < -0.39 is 17.6 Å². The van der Waals surface area contributed by atoms with Gasteiger partial charge in [0.15, 0.2) is 5.79 Å². The van der Waals surface area contributed by atoms with Crippen LogP contribution in [0, 0.1) is 0 Å². The van der Waals surface area contributed by atoms with Crippen LogP contribution in [0.2, 0.25) is 0 Å². The minimum atomic E-state index is -0.732. The molecule has 0 radical (unpaired) electrons. The highest BCUT2D eigenvalue weighted by molar-refractivity contribution is 6.11. The normalized spacial score (nSPS) is 27.1. The maximum absolute atomic E-state index is 12.2. The summed E-state index contributed by atoms with van der Waals surface area (Å²) in [5.74, 6) is -2.05. The number of nitrogens with one attached hydrogen (secondary N) is 1. The monoisotopic (exact) mass is 282 g/mol. The molecular formula is C13H18N2O5. The number of nitrogens with zero attached hydrogens (tertiary/aromatic N) is 1. The summed E-state index contributed by atoms with van der Waals surface area (Å²) in [6.45, 7) is 5.14. The van der Waals surface area contributed by atoms with Gasteiger partial charge in [-0.05, 0) is 25.8 Å². The van der Waals surface area contributed by atoms with Crippen molar-refractivity contribution in [3.8, 4) is 0 Å². The molecule has 2 fully saturated rings. The summed E-state index contributed by atoms with van der Waals surface area (Å²) in [4.78, 5) is 36.2. The molecule has 3 amide bonds. The van der Waals surface area contributed by atoms with E-state index in [1.54, 1.807) is 13.8 Å². The fourth-order valence-corrected chi connectivity index (χ4v) is 2.07. The lowest BCUT2D eigenvalue weighted by atomic mass is 10.1. The third-order valence-electron chi connectivity index (χ3n) is 3.21. The Kier molecular flexibility index (Phi) is 3.92. The van der Waals surface area contributed by atoms with Gasteiger partial charge >= 0.3 is 0 Å². The van der Waals surface area contributed by atoms with Crippen LogP contribution in [-0.2, 0) is 23.9 Å². The molecule has 0 bridgehead atoms. The highest BCUT2D eigenvalue weighted by Gasteiger charge is 2.34. The number of hydrogen-bond donors (Lipinski definition) is 1. The van der Waals surface area contributed by atoms with E-state index in [4.69, 9.17) is 9.47 Å². The quantitative estimate of drug-likeness (QED) is 0.628. The van der Waals surface area contributed by atoms with Gasteiger partial charge in [-0.3, -0.25) is 19.3 Å². The van der Waals surface area contributed by atoms with Gasteiger partial charge in [0.25, 0.3) is 5.91 Å². The summed E-state index contributed by atoms with van der Waals surface area (Å²) in [6, 6.07) is 0. The zero-order valence-corrected chi connectivity index (χ0v) is 11.8. The molecule has 1 N–H and O–H groups in total. The number of hydrogen-bond acceptors (Lipinski definition) is 5. The summed E-state index contributed by atoms with van der Waals surface area (Å²) in [7, 11) is 0. The molecule has 0 saturated carbocycles. The van der Waals surface area contributed by atoms with Crippen molar-refractivity contribution in [2.24, 2.45) is 0 Å². The van der Waals surface area contributed by atoms with E-state index in [0.29, 0.717) is 18.6 Å². The number of carbonyl (C=O) groups excluding carboxylic acids is 3. The largest absolute Gasteiger partial charge is 0.350 e. The maximum atomic E-state index is 12.2. The molecule has 2 aliphatic heterocycles. The Hall–Kier alpha value is -1.73. The van der Waals surface area contributed by atoms with E-state index in [2.05, 4.69) is 5.32 Å². The molecular weight excluding hydrogens is 264 g/mol. The summed E-state index contributed by atoms with van der Waals surface area (Å²) in [5, 5.41) is 2.54. The van der Waals surface area contributed by atoms with Gasteiger partial charge < -0.3 is 14.8 Å². The van der Waals surface area contributed by atoms with Crippen molar-refractivity contribution in [1.82, 2.24) is 10.2 Å². The minimum Gasteiger partial charge on any atom is -0.350 e. The van der Waals surface area contributed by atoms with Crippen LogP contribution in [0.4, 0.5) is 0 Å². The van der Waals surface area contributed by atoms with E-state index >= 15 is 0 Å². The molecule has 2 saturated heterocycles. The first kappa shape index (κ1) is 14.7. The molecule has 2 aliphatic rings. The van der Waals surface area contributed by atoms with E-state index in [1.165, 1.54) is 6.92 Å². The number of piperazine rings is 1. The molecule has 7 nitrogen and oxygen atoms in total. The van der Waals surface area contributed by atoms with Gasteiger partial charge in [-0.25, -0.2) is 0 Å². The smallest absolute Gasteiger partial charge is 0.277 e. The molecule has 0 aliphatic carbocycles. The average molecular weight is 282 g/mol. The predicted molar refractivity (Wildman–Crippen MR) is 68.2 cm³/mol. The highest BCUT2D eigenvalue weighted by atomic mass is 16.7. The summed E-state index contributed by atoms with van der Waals surface area (Å²) >= 11 is 0. The van der Waals surface area contributed by atoms with Crippen LogP contribution in [0.1, 0.15) is 27.2 Å². The highest BCUT2D eigenvalue weighted by Crippen LogP contribution is 2.23. The second-order valence-electron chi connectivity index (χ2n) is 5.22. The molecule has 0 aromatic rings. The van der Waals surface area contributed by atoms with E-state index in [9.17, 15) is 14.4 Å². The molecule has 0 unspecified atom stereocenters. The van der Waals surface area contributed by atoms with Gasteiger partial charge in [0.05, 0.1) is 13.2 Å². The molecule has 110 valence electrons. The van der Waals surface area contributed by atoms with Crippen molar-refractivity contribution in [3.05, 3.63) is 11.3 Å². The summed E-state index contributed by atoms with van der Waals surface area (Å²) in [6.07, 6.45) is 0.469. The standard InChI is InChI=1S/C13H18N2O5/c1-8(16)15-6-10(17)14-11(12(15)18)9-4-5-19-13(2,3)20-7-9/h4-7H2,1-3H3,(H,14,17)/b11-9+. The van der Waals surface area contributed by atoms with Gasteiger partial charge in [-0.1, -0.05) is 0 Å². The van der Waals surface area contributed by atoms with Crippen LogP contribution in [0.15, 0.2) is 11.3 Å². The van der Waals surface area contributed by atoms with Crippen LogP contribution in [0.3, 0.4) is 0 Å². The molecule has 0 aromatic carbocycles. The molecule has 0 atom stereocenters. The first-order valence-electron chi connectivity index (χ1n) is 6.42. The fraction of sp³-hybridized carbons (Fsp3) is 0.615. The predicted octanol–water partition coefficient (Wildman–Crippen LogP) is -0.0816. The third-order valence-corrected chi connectivity index (χ3v) is 3.21. The van der Waals surface area contributed by atoms with Crippen molar-refractivity contribution in [2.45, 2.75) is 33.0 Å². The Morgan fingerprint density at radius 1 is 1.30 bits per heavy atom. The number of imide groups is 1. The SMILES string of the molecule is CC(=O)N1CC(=O)N/C(=C2\CCOC(C)(C)OC2)C1=O. The number of ether oxygens (including phenoxy) is 2. The molecule has 0 aromatic heterocycles. The minimum absolute atomic E-state index is 0.137. The zero-order valence-electron chi connectivity index (χ0n) is 11.8. The van der Waals surface area contributed by atoms with Gasteiger partial charge in [0.2, 0.25) is 11.8 Å². The van der Waals surface area contributed by atoms with Crippen LogP contribution in [0.5, 0.6) is 0 Å². The van der Waals surface area contributed by atoms with Gasteiger partial charge in [0.1, 0.15) is 12.2 Å². The van der Waals surface area contributed by atoms with Crippen molar-refractivity contribution in [1.29, 1.82) is 0 Å². The van der Waals surface area contributed by atoms with Crippen molar-refractivity contribution >= 4 is 17.7 Å². The third kappa shape index (κ3) is 3.05. The van der Waals surface area contributed by atoms with Crippen LogP contribution < -0.4 is 5.32 Å². The van der Waals surface area contributed by atoms with Crippen LogP contribution in [0.25, 0.3) is 0 Å². The first-order valence-corrected chi connectivity index (χ1v) is 6.42. The van der Waals surface area contributed by atoms with Crippen molar-refractivity contribution in [3.63, 3.8) is 0 Å². The Balaban J connectivity index is 2.28. The lowest BCUT2D eigenvalue weighted by Gasteiger charge is -2.27. The maximum Gasteiger partial charge on any atom is 0.277 e. The Morgan fingerprint density at radius 2 is 2.00 bits per heavy atom. The molecule has 2 rings (SSSR count). The van der Waals surface area contributed by atoms with Gasteiger partial charge in [-0.2, -0.15) is 0 Å². The van der Waals surface area contributed by atoms with E-state index in [0.717, 1.165) is 4.90 Å². The lowest BCUT2D eigenvalue weighted by molar-refractivity contribution is -0.197. The van der Waals surface area contributed by atoms with Gasteiger partial charge in [0, 0.05) is 6.92 Å². The van der Waals surface area contributed by atoms with Crippen molar-refractivity contribution in [2.75, 3.05) is 19.8 Å². The van der Waals surface area contributed by atoms with Crippen molar-refractivity contribution < 1.29 is 23.9 Å². The lowest BCUT2D eigenvalue weighted by Crippen LogP contribution is -2.52. The second kappa shape index (κ2) is 5.34. The van der Waals surface area contributed by atoms with E-state index in [1.807, 2.05) is 0 Å². The molecule has 20 heavy (non-hydrogen) atoms. The number of amides is 3. The zero-order chi connectivity index (χ0) is 14.9. The molecule has 0 spiro atoms. The van der Waals surface area contributed by atoms with Crippen LogP contribution >= 0.6 is 0 Å².